The fourth-order valence-corrected chi connectivity index (χ4v) is 5.50. The first kappa shape index (κ1) is 41.4. The van der Waals surface area contributed by atoms with Crippen molar-refractivity contribution in [3.05, 3.63) is 119 Å². The topological polar surface area (TPSA) is 139 Å². The Labute approximate surface area is 305 Å². The van der Waals surface area contributed by atoms with Gasteiger partial charge in [-0.1, -0.05) is 73.5 Å². The zero-order chi connectivity index (χ0) is 34.1. The fraction of sp³-hybridized carbons (Fsp3) is 0.263. The van der Waals surface area contributed by atoms with Gasteiger partial charge in [-0.2, -0.15) is 0 Å². The van der Waals surface area contributed by atoms with Gasteiger partial charge in [0, 0.05) is 24.2 Å². The van der Waals surface area contributed by atoms with E-state index < -0.39 is 0 Å². The van der Waals surface area contributed by atoms with E-state index in [-0.39, 0.29) is 72.3 Å². The molecular formula is C38H44Cl2N4O6. The molecule has 0 unspecified atom stereocenters. The molecule has 0 spiro atoms. The molecule has 0 aliphatic carbocycles. The van der Waals surface area contributed by atoms with Gasteiger partial charge in [-0.3, -0.25) is 29.0 Å². The zero-order valence-electron chi connectivity index (χ0n) is 27.7. The summed E-state index contributed by atoms with van der Waals surface area (Å²) in [6.07, 6.45) is 4.57. The first-order chi connectivity index (χ1) is 23.4. The predicted octanol–water partition coefficient (Wildman–Crippen LogP) is 6.71. The third-order valence-corrected chi connectivity index (χ3v) is 8.00. The Hall–Kier alpha value is -4.74. The van der Waals surface area contributed by atoms with Crippen molar-refractivity contribution >= 4 is 60.6 Å². The molecule has 12 heteroatoms. The number of unbranched alkanes of at least 4 members (excludes halogenated alkanes) is 3. The van der Waals surface area contributed by atoms with Crippen LogP contribution in [0, 0.1) is 0 Å². The van der Waals surface area contributed by atoms with Crippen LogP contribution in [0.1, 0.15) is 57.5 Å². The average molecular weight is 724 g/mol. The van der Waals surface area contributed by atoms with Gasteiger partial charge in [0.25, 0.3) is 0 Å². The van der Waals surface area contributed by atoms with Crippen molar-refractivity contribution in [1.29, 1.82) is 0 Å². The van der Waals surface area contributed by atoms with Gasteiger partial charge in [-0.05, 0) is 73.5 Å². The van der Waals surface area contributed by atoms with Gasteiger partial charge < -0.3 is 20.8 Å². The summed E-state index contributed by atoms with van der Waals surface area (Å²) in [6.45, 7) is 3.02. The molecule has 4 rings (SSSR count). The molecule has 4 N–H and O–H groups in total. The highest BCUT2D eigenvalue weighted by atomic mass is 35.5. The van der Waals surface area contributed by atoms with Crippen LogP contribution in [0.2, 0.25) is 0 Å². The highest BCUT2D eigenvalue weighted by Crippen LogP contribution is 2.25. The van der Waals surface area contributed by atoms with E-state index in [1.165, 1.54) is 24.3 Å². The van der Waals surface area contributed by atoms with E-state index in [0.717, 1.165) is 36.8 Å². The van der Waals surface area contributed by atoms with Gasteiger partial charge in [-0.15, -0.1) is 24.8 Å². The Kier molecular flexibility index (Phi) is 18.3. The lowest BCUT2D eigenvalue weighted by Crippen LogP contribution is -2.31. The first-order valence-corrected chi connectivity index (χ1v) is 16.0. The van der Waals surface area contributed by atoms with Gasteiger partial charge in [0.15, 0.2) is 11.6 Å². The summed E-state index contributed by atoms with van der Waals surface area (Å²) >= 11 is 0. The van der Waals surface area contributed by atoms with Crippen LogP contribution in [0.5, 0.6) is 11.5 Å². The van der Waals surface area contributed by atoms with Crippen LogP contribution < -0.4 is 10.6 Å². The van der Waals surface area contributed by atoms with Crippen molar-refractivity contribution in [3.8, 4) is 11.5 Å². The summed E-state index contributed by atoms with van der Waals surface area (Å²) in [5.41, 5.74) is 3.40. The number of phenolic OH excluding ortho intramolecular Hbond substituents is 2. The van der Waals surface area contributed by atoms with Crippen LogP contribution in [-0.2, 0) is 22.7 Å². The van der Waals surface area contributed by atoms with Gasteiger partial charge in [0.05, 0.1) is 24.5 Å². The summed E-state index contributed by atoms with van der Waals surface area (Å²) in [7, 11) is 0. The van der Waals surface area contributed by atoms with Crippen LogP contribution in [-0.4, -0.2) is 70.6 Å². The van der Waals surface area contributed by atoms with Crippen molar-refractivity contribution < 1.29 is 29.4 Å². The number of hydrogen-bond acceptors (Lipinski definition) is 8. The molecule has 10 nitrogen and oxygen atoms in total. The maximum absolute atomic E-state index is 13.2. The lowest BCUT2D eigenvalue weighted by Gasteiger charge is -2.23. The Morgan fingerprint density at radius 3 is 1.30 bits per heavy atom. The number of halogens is 2. The monoisotopic (exact) mass is 722 g/mol. The molecule has 0 aliphatic heterocycles. The molecule has 0 radical (unpaired) electrons. The lowest BCUT2D eigenvalue weighted by molar-refractivity contribution is -0.106. The summed E-state index contributed by atoms with van der Waals surface area (Å²) in [6, 6.07) is 28.8. The predicted molar refractivity (Wildman–Crippen MR) is 201 cm³/mol. The summed E-state index contributed by atoms with van der Waals surface area (Å²) < 4.78 is 0. The van der Waals surface area contributed by atoms with Crippen LogP contribution in [0.3, 0.4) is 0 Å². The number of aromatic hydroxyl groups is 2. The van der Waals surface area contributed by atoms with Gasteiger partial charge in [-0.25, -0.2) is 0 Å². The van der Waals surface area contributed by atoms with Gasteiger partial charge in [0.1, 0.15) is 11.5 Å². The van der Waals surface area contributed by atoms with Gasteiger partial charge >= 0.3 is 0 Å². The maximum atomic E-state index is 13.2. The minimum absolute atomic E-state index is 0. The first-order valence-electron chi connectivity index (χ1n) is 16.0. The van der Waals surface area contributed by atoms with Crippen LogP contribution in [0.15, 0.2) is 97.1 Å². The summed E-state index contributed by atoms with van der Waals surface area (Å²) in [5.74, 6) is -0.423. The van der Waals surface area contributed by atoms with E-state index in [4.69, 9.17) is 0 Å². The maximum Gasteiger partial charge on any atom is 0.211 e. The quantitative estimate of drug-likeness (QED) is 0.0322. The fourth-order valence-electron chi connectivity index (χ4n) is 5.50. The second-order valence-electron chi connectivity index (χ2n) is 11.6. The molecule has 0 bridgehead atoms. The van der Waals surface area contributed by atoms with Gasteiger partial charge in [0.2, 0.25) is 12.8 Å². The number of nitrogens with zero attached hydrogens (tertiary/aromatic N) is 2. The summed E-state index contributed by atoms with van der Waals surface area (Å²) in [5, 5.41) is 24.8. The highest BCUT2D eigenvalue weighted by molar-refractivity contribution is 6.00. The molecule has 0 aromatic heterocycles. The van der Waals surface area contributed by atoms with E-state index in [1.54, 1.807) is 12.1 Å². The Bertz CT molecular complexity index is 1540. The van der Waals surface area contributed by atoms with E-state index >= 15 is 0 Å². The molecule has 0 saturated heterocycles. The molecule has 0 aliphatic rings. The van der Waals surface area contributed by atoms with Crippen molar-refractivity contribution in [2.24, 2.45) is 0 Å². The molecule has 4 aromatic rings. The molecule has 4 aromatic carbocycles. The number of Topliss-reactive ketones (excluding diaryl/α,β-unsaturated/α-hetero) is 2. The Morgan fingerprint density at radius 1 is 0.560 bits per heavy atom. The molecule has 0 heterocycles. The molecular weight excluding hydrogens is 679 g/mol. The van der Waals surface area contributed by atoms with E-state index in [2.05, 4.69) is 20.4 Å². The number of amides is 2. The molecule has 266 valence electrons. The Balaban J connectivity index is 0.00000433. The van der Waals surface area contributed by atoms with Crippen molar-refractivity contribution in [3.63, 3.8) is 0 Å². The Morgan fingerprint density at radius 2 is 0.940 bits per heavy atom. The third-order valence-electron chi connectivity index (χ3n) is 8.00. The number of phenols is 2. The van der Waals surface area contributed by atoms with E-state index in [0.29, 0.717) is 50.1 Å². The highest BCUT2D eigenvalue weighted by Gasteiger charge is 2.17. The van der Waals surface area contributed by atoms with Crippen LogP contribution >= 0.6 is 24.8 Å². The standard InChI is InChI=1S/C38H42N4O6.2ClH/c43-27-39-33-21-31(15-17-35(33)45)37(47)25-41(23-29-11-5-3-6-12-29)19-9-1-2-10-20-42(24-30-13-7-4-8-14-30)26-38(48)32-16-18-36(46)34(22-32)40-28-44;;/h3-8,11-18,21-22,27-28,45-46H,1-2,9-10,19-20,23-26H2,(H,39,43)(H,40,44);2*1H. The normalized spacial score (nSPS) is 10.5. The number of nitrogens with one attached hydrogen (secondary N) is 2. The lowest BCUT2D eigenvalue weighted by atomic mass is 10.1. The SMILES string of the molecule is Cl.Cl.O=CNc1cc(C(=O)CN(CCCCCCN(CC(=O)c2ccc(O)c(NC=O)c2)Cc2ccccc2)Cc2ccccc2)ccc1O. The molecule has 0 fully saturated rings. The van der Waals surface area contributed by atoms with Crippen molar-refractivity contribution in [2.75, 3.05) is 36.8 Å². The number of ketones is 2. The number of hydrogen-bond donors (Lipinski definition) is 4. The number of carbonyl (C=O) groups is 4. The number of anilines is 2. The van der Waals surface area contributed by atoms with Crippen molar-refractivity contribution in [1.82, 2.24) is 9.80 Å². The van der Waals surface area contributed by atoms with Crippen LogP contribution in [0.4, 0.5) is 11.4 Å². The molecule has 0 saturated carbocycles. The smallest absolute Gasteiger partial charge is 0.211 e. The minimum Gasteiger partial charge on any atom is -0.506 e. The largest absolute Gasteiger partial charge is 0.506 e. The molecule has 2 amide bonds. The number of benzene rings is 4. The average Bonchev–Trinajstić information content (AvgIpc) is 3.09. The molecule has 50 heavy (non-hydrogen) atoms. The minimum atomic E-state index is -0.108. The van der Waals surface area contributed by atoms with E-state index in [9.17, 15) is 29.4 Å². The number of rotatable bonds is 21. The van der Waals surface area contributed by atoms with E-state index in [1.807, 2.05) is 60.7 Å². The van der Waals surface area contributed by atoms with Crippen LogP contribution in [0.25, 0.3) is 0 Å². The second-order valence-corrected chi connectivity index (χ2v) is 11.6. The third kappa shape index (κ3) is 13.3. The second kappa shape index (κ2) is 22.1. The van der Waals surface area contributed by atoms with Crippen molar-refractivity contribution in [2.45, 2.75) is 38.8 Å². The number of carbonyl (C=O) groups excluding carboxylic acids is 4. The zero-order valence-corrected chi connectivity index (χ0v) is 29.3. The molecule has 0 atom stereocenters. The summed E-state index contributed by atoms with van der Waals surface area (Å²) in [4.78, 5) is 52.5.